The Morgan fingerprint density at radius 2 is 1.80 bits per heavy atom. The summed E-state index contributed by atoms with van der Waals surface area (Å²) in [5, 5.41) is 10.6. The van der Waals surface area contributed by atoms with Gasteiger partial charge in [0.05, 0.1) is 11.4 Å². The molecule has 0 aliphatic carbocycles. The first-order valence-electron chi connectivity index (χ1n) is 6.36. The second kappa shape index (κ2) is 5.51. The second-order valence-corrected chi connectivity index (χ2v) is 5.42. The van der Waals surface area contributed by atoms with E-state index < -0.39 is 0 Å². The van der Waals surface area contributed by atoms with Crippen LogP contribution in [-0.2, 0) is 0 Å². The van der Waals surface area contributed by atoms with Crippen LogP contribution in [-0.4, -0.2) is 17.2 Å². The van der Waals surface area contributed by atoms with Crippen LogP contribution in [0.3, 0.4) is 0 Å². The van der Waals surface area contributed by atoms with Crippen LogP contribution in [0.2, 0.25) is 0 Å². The molecular formula is C16H14BrN3. The number of hydrogen-bond acceptors (Lipinski definition) is 2. The maximum absolute atomic E-state index is 4.39. The summed E-state index contributed by atoms with van der Waals surface area (Å²) in [5.74, 6) is 0. The minimum absolute atomic E-state index is 0.947. The molecule has 2 N–H and O–H groups in total. The molecule has 4 heteroatoms. The van der Waals surface area contributed by atoms with E-state index in [1.807, 2.05) is 31.3 Å². The third-order valence-corrected chi connectivity index (χ3v) is 3.68. The lowest BCUT2D eigenvalue weighted by atomic mass is 10.1. The van der Waals surface area contributed by atoms with Gasteiger partial charge >= 0.3 is 0 Å². The Labute approximate surface area is 126 Å². The molecule has 0 unspecified atom stereocenters. The number of anilines is 1. The number of rotatable bonds is 3. The average Bonchev–Trinajstić information content (AvgIpc) is 2.97. The average molecular weight is 328 g/mol. The van der Waals surface area contributed by atoms with Crippen molar-refractivity contribution in [2.75, 3.05) is 12.4 Å². The van der Waals surface area contributed by atoms with Crippen LogP contribution in [0.1, 0.15) is 0 Å². The van der Waals surface area contributed by atoms with Crippen molar-refractivity contribution in [2.45, 2.75) is 0 Å². The fourth-order valence-corrected chi connectivity index (χ4v) is 2.48. The summed E-state index contributed by atoms with van der Waals surface area (Å²) in [6.07, 6.45) is 0. The highest BCUT2D eigenvalue weighted by Crippen LogP contribution is 2.26. The van der Waals surface area contributed by atoms with Crippen molar-refractivity contribution in [1.29, 1.82) is 0 Å². The molecule has 0 saturated heterocycles. The van der Waals surface area contributed by atoms with Crippen LogP contribution in [0.4, 0.5) is 5.69 Å². The molecule has 0 amide bonds. The maximum atomic E-state index is 4.39. The summed E-state index contributed by atoms with van der Waals surface area (Å²) in [6, 6.07) is 18.4. The van der Waals surface area contributed by atoms with Crippen molar-refractivity contribution >= 4 is 21.6 Å². The highest BCUT2D eigenvalue weighted by Gasteiger charge is 2.06. The van der Waals surface area contributed by atoms with Gasteiger partial charge < -0.3 is 5.32 Å². The van der Waals surface area contributed by atoms with Gasteiger partial charge in [-0.25, -0.2) is 0 Å². The van der Waals surface area contributed by atoms with Crippen LogP contribution >= 0.6 is 15.9 Å². The van der Waals surface area contributed by atoms with Crippen LogP contribution < -0.4 is 5.32 Å². The zero-order valence-electron chi connectivity index (χ0n) is 11.0. The van der Waals surface area contributed by atoms with E-state index in [4.69, 9.17) is 0 Å². The van der Waals surface area contributed by atoms with E-state index in [0.717, 1.165) is 32.7 Å². The molecule has 0 atom stereocenters. The summed E-state index contributed by atoms with van der Waals surface area (Å²) in [5.41, 5.74) is 5.27. The predicted octanol–water partition coefficient (Wildman–Crippen LogP) is 4.55. The largest absolute Gasteiger partial charge is 0.388 e. The van der Waals surface area contributed by atoms with Gasteiger partial charge in [0.2, 0.25) is 0 Å². The Balaban J connectivity index is 1.93. The molecule has 0 aliphatic rings. The predicted molar refractivity (Wildman–Crippen MR) is 86.7 cm³/mol. The summed E-state index contributed by atoms with van der Waals surface area (Å²) in [7, 11) is 1.91. The van der Waals surface area contributed by atoms with Gasteiger partial charge in [-0.05, 0) is 30.3 Å². The lowest BCUT2D eigenvalue weighted by Gasteiger charge is -2.00. The summed E-state index contributed by atoms with van der Waals surface area (Å²) in [6.45, 7) is 0. The Hall–Kier alpha value is -2.07. The van der Waals surface area contributed by atoms with E-state index in [9.17, 15) is 0 Å². The molecule has 1 heterocycles. The first-order valence-corrected chi connectivity index (χ1v) is 7.15. The number of nitrogens with one attached hydrogen (secondary N) is 2. The molecule has 0 aliphatic heterocycles. The number of hydrogen-bond donors (Lipinski definition) is 2. The van der Waals surface area contributed by atoms with Crippen LogP contribution in [0.5, 0.6) is 0 Å². The third kappa shape index (κ3) is 2.60. The van der Waals surface area contributed by atoms with Crippen molar-refractivity contribution in [3.05, 3.63) is 59.1 Å². The van der Waals surface area contributed by atoms with Gasteiger partial charge in [-0.1, -0.05) is 40.2 Å². The normalized spacial score (nSPS) is 10.5. The molecule has 3 rings (SSSR count). The van der Waals surface area contributed by atoms with Gasteiger partial charge in [0.25, 0.3) is 0 Å². The Morgan fingerprint density at radius 1 is 1.00 bits per heavy atom. The lowest BCUT2D eigenvalue weighted by Crippen LogP contribution is -1.86. The number of aromatic nitrogens is 2. The van der Waals surface area contributed by atoms with E-state index in [1.54, 1.807) is 0 Å². The number of benzene rings is 2. The molecule has 0 fully saturated rings. The molecule has 3 aromatic rings. The summed E-state index contributed by atoms with van der Waals surface area (Å²) in [4.78, 5) is 0. The third-order valence-electron chi connectivity index (χ3n) is 3.18. The summed E-state index contributed by atoms with van der Waals surface area (Å²) >= 11 is 3.49. The zero-order valence-corrected chi connectivity index (χ0v) is 12.6. The standard InChI is InChI=1S/C16H14BrN3/c1-18-14-7-5-11(6-8-14)15-10-16(20-19-15)12-3-2-4-13(17)9-12/h2-10,18H,1H3,(H,19,20). The number of nitrogens with zero attached hydrogens (tertiary/aromatic N) is 1. The highest BCUT2D eigenvalue weighted by molar-refractivity contribution is 9.10. The van der Waals surface area contributed by atoms with Crippen molar-refractivity contribution in [3.63, 3.8) is 0 Å². The molecule has 1 aromatic heterocycles. The van der Waals surface area contributed by atoms with E-state index in [2.05, 4.69) is 61.8 Å². The Bertz CT molecular complexity index is 717. The molecule has 0 saturated carbocycles. The fraction of sp³-hybridized carbons (Fsp3) is 0.0625. The number of halogens is 1. The van der Waals surface area contributed by atoms with Crippen LogP contribution in [0.15, 0.2) is 59.1 Å². The second-order valence-electron chi connectivity index (χ2n) is 4.50. The van der Waals surface area contributed by atoms with Gasteiger partial charge in [-0.2, -0.15) is 5.10 Å². The van der Waals surface area contributed by atoms with Crippen molar-refractivity contribution in [1.82, 2.24) is 10.2 Å². The molecule has 2 aromatic carbocycles. The van der Waals surface area contributed by atoms with Crippen molar-refractivity contribution in [3.8, 4) is 22.5 Å². The Morgan fingerprint density at radius 3 is 2.50 bits per heavy atom. The monoisotopic (exact) mass is 327 g/mol. The molecule has 20 heavy (non-hydrogen) atoms. The minimum atomic E-state index is 0.947. The minimum Gasteiger partial charge on any atom is -0.388 e. The lowest BCUT2D eigenvalue weighted by molar-refractivity contribution is 1.10. The van der Waals surface area contributed by atoms with E-state index in [1.165, 1.54) is 0 Å². The topological polar surface area (TPSA) is 40.7 Å². The van der Waals surface area contributed by atoms with Crippen molar-refractivity contribution < 1.29 is 0 Å². The van der Waals surface area contributed by atoms with Gasteiger partial charge in [-0.15, -0.1) is 0 Å². The van der Waals surface area contributed by atoms with E-state index >= 15 is 0 Å². The fourth-order valence-electron chi connectivity index (χ4n) is 2.08. The zero-order chi connectivity index (χ0) is 13.9. The SMILES string of the molecule is CNc1ccc(-c2cc(-c3cccc(Br)c3)[nH]n2)cc1. The van der Waals surface area contributed by atoms with Gasteiger partial charge in [0, 0.05) is 28.3 Å². The first kappa shape index (κ1) is 12.9. The van der Waals surface area contributed by atoms with Crippen LogP contribution in [0.25, 0.3) is 22.5 Å². The highest BCUT2D eigenvalue weighted by atomic mass is 79.9. The molecule has 0 bridgehead atoms. The van der Waals surface area contributed by atoms with E-state index in [-0.39, 0.29) is 0 Å². The maximum Gasteiger partial charge on any atom is 0.0927 e. The van der Waals surface area contributed by atoms with Crippen molar-refractivity contribution in [2.24, 2.45) is 0 Å². The van der Waals surface area contributed by atoms with Gasteiger partial charge in [-0.3, -0.25) is 5.10 Å². The number of H-pyrrole nitrogens is 1. The summed E-state index contributed by atoms with van der Waals surface area (Å²) < 4.78 is 1.06. The first-order chi connectivity index (χ1) is 9.76. The van der Waals surface area contributed by atoms with Crippen LogP contribution in [0, 0.1) is 0 Å². The molecule has 0 radical (unpaired) electrons. The molecular weight excluding hydrogens is 314 g/mol. The molecule has 100 valence electrons. The van der Waals surface area contributed by atoms with Gasteiger partial charge in [0.15, 0.2) is 0 Å². The molecule has 0 spiro atoms. The smallest absolute Gasteiger partial charge is 0.0927 e. The Kier molecular flexibility index (Phi) is 3.56. The number of aromatic amines is 1. The quantitative estimate of drug-likeness (QED) is 0.741. The van der Waals surface area contributed by atoms with Gasteiger partial charge in [0.1, 0.15) is 0 Å². The van der Waals surface area contributed by atoms with E-state index in [0.29, 0.717) is 0 Å². The molecule has 3 nitrogen and oxygen atoms in total.